The van der Waals surface area contributed by atoms with Crippen LogP contribution in [0, 0.1) is 5.92 Å². The lowest BCUT2D eigenvalue weighted by Crippen LogP contribution is -1.94. The summed E-state index contributed by atoms with van der Waals surface area (Å²) in [6.45, 7) is 4.35. The molecule has 1 atom stereocenters. The summed E-state index contributed by atoms with van der Waals surface area (Å²) in [4.78, 5) is 0. The number of methoxy groups -OCH3 is 1. The van der Waals surface area contributed by atoms with Gasteiger partial charge in [0.05, 0.1) is 12.9 Å². The highest BCUT2D eigenvalue weighted by Crippen LogP contribution is 2.17. The van der Waals surface area contributed by atoms with Gasteiger partial charge in [0.1, 0.15) is 0 Å². The van der Waals surface area contributed by atoms with Crippen LogP contribution in [0.5, 0.6) is 0 Å². The molecule has 1 aliphatic rings. The van der Waals surface area contributed by atoms with E-state index in [0.717, 1.165) is 18.6 Å². The molecule has 0 spiro atoms. The second-order valence-electron chi connectivity index (χ2n) is 3.39. The van der Waals surface area contributed by atoms with Gasteiger partial charge in [-0.3, -0.25) is 0 Å². The van der Waals surface area contributed by atoms with Gasteiger partial charge >= 0.3 is 0 Å². The monoisotopic (exact) mass is 178 g/mol. The summed E-state index contributed by atoms with van der Waals surface area (Å²) < 4.78 is 5.27. The lowest BCUT2D eigenvalue weighted by Gasteiger charge is -2.10. The first-order valence-electron chi connectivity index (χ1n) is 4.88. The highest BCUT2D eigenvalue weighted by atomic mass is 16.5. The summed E-state index contributed by atoms with van der Waals surface area (Å²) in [5, 5.41) is 0. The van der Waals surface area contributed by atoms with Crippen LogP contribution in [0.2, 0.25) is 0 Å². The molecule has 1 nitrogen and oxygen atoms in total. The number of ether oxygens (including phenoxy) is 1. The van der Waals surface area contributed by atoms with E-state index in [1.54, 1.807) is 7.11 Å². The normalized spacial score (nSPS) is 26.8. The van der Waals surface area contributed by atoms with Crippen molar-refractivity contribution in [2.45, 2.75) is 26.7 Å². The van der Waals surface area contributed by atoms with E-state index < -0.39 is 0 Å². The molecular weight excluding hydrogens is 160 g/mol. The number of hydrogen-bond donors (Lipinski definition) is 0. The molecule has 1 rings (SSSR count). The van der Waals surface area contributed by atoms with Gasteiger partial charge in [-0.1, -0.05) is 37.6 Å². The molecule has 1 aliphatic carbocycles. The Morgan fingerprint density at radius 1 is 1.54 bits per heavy atom. The maximum absolute atomic E-state index is 5.27. The molecule has 1 heteroatoms. The first-order valence-corrected chi connectivity index (χ1v) is 4.88. The van der Waals surface area contributed by atoms with E-state index in [1.165, 1.54) is 5.57 Å². The van der Waals surface area contributed by atoms with Gasteiger partial charge in [-0.2, -0.15) is 0 Å². The predicted octanol–water partition coefficient (Wildman–Crippen LogP) is 3.45. The Kier molecular flexibility index (Phi) is 3.81. The lowest BCUT2D eigenvalue weighted by molar-refractivity contribution is 0.281. The van der Waals surface area contributed by atoms with Crippen molar-refractivity contribution < 1.29 is 4.74 Å². The molecule has 1 unspecified atom stereocenters. The minimum absolute atomic E-state index is 0.477. The van der Waals surface area contributed by atoms with Gasteiger partial charge in [0, 0.05) is 6.42 Å². The topological polar surface area (TPSA) is 9.23 Å². The standard InChI is InChI=1S/C12H18O/c1-4-11-6-5-10(2)9-12(13-3)8-7-11/h5-7,9-10H,4,8H2,1-3H3/b6-5?,11-7?,12-9+. The first-order chi connectivity index (χ1) is 6.26. The minimum Gasteiger partial charge on any atom is -0.501 e. The van der Waals surface area contributed by atoms with E-state index in [4.69, 9.17) is 4.74 Å². The molecule has 0 aromatic heterocycles. The van der Waals surface area contributed by atoms with Crippen molar-refractivity contribution in [3.8, 4) is 0 Å². The summed E-state index contributed by atoms with van der Waals surface area (Å²) in [7, 11) is 1.74. The fourth-order valence-electron chi connectivity index (χ4n) is 1.41. The van der Waals surface area contributed by atoms with Crippen LogP contribution in [0.15, 0.2) is 35.6 Å². The molecule has 0 saturated heterocycles. The molecule has 0 aromatic carbocycles. The Balaban J connectivity index is 2.81. The molecule has 0 N–H and O–H groups in total. The Labute approximate surface area is 80.8 Å². The maximum Gasteiger partial charge on any atom is 0.0959 e. The second-order valence-corrected chi connectivity index (χ2v) is 3.39. The van der Waals surface area contributed by atoms with E-state index in [2.05, 4.69) is 38.2 Å². The van der Waals surface area contributed by atoms with Gasteiger partial charge in [0.25, 0.3) is 0 Å². The fraction of sp³-hybridized carbons (Fsp3) is 0.500. The molecule has 0 saturated carbocycles. The Morgan fingerprint density at radius 2 is 2.31 bits per heavy atom. The van der Waals surface area contributed by atoms with Crippen molar-refractivity contribution in [3.05, 3.63) is 35.6 Å². The summed E-state index contributed by atoms with van der Waals surface area (Å²) in [6.07, 6.45) is 10.9. The maximum atomic E-state index is 5.27. The van der Waals surface area contributed by atoms with Crippen LogP contribution in [0.25, 0.3) is 0 Å². The number of hydrogen-bond acceptors (Lipinski definition) is 1. The van der Waals surface area contributed by atoms with Gasteiger partial charge in [-0.15, -0.1) is 0 Å². The second kappa shape index (κ2) is 4.90. The van der Waals surface area contributed by atoms with Crippen LogP contribution in [0.1, 0.15) is 26.7 Å². The Hall–Kier alpha value is -0.980. The van der Waals surface area contributed by atoms with Crippen LogP contribution in [0.4, 0.5) is 0 Å². The van der Waals surface area contributed by atoms with E-state index >= 15 is 0 Å². The van der Waals surface area contributed by atoms with E-state index in [9.17, 15) is 0 Å². The highest BCUT2D eigenvalue weighted by molar-refractivity contribution is 5.24. The quantitative estimate of drug-likeness (QED) is 0.629. The molecule has 72 valence electrons. The molecule has 0 heterocycles. The van der Waals surface area contributed by atoms with Gasteiger partial charge in [-0.25, -0.2) is 0 Å². The Bertz CT molecular complexity index is 246. The predicted molar refractivity (Wildman–Crippen MR) is 56.4 cm³/mol. The van der Waals surface area contributed by atoms with Gasteiger partial charge < -0.3 is 4.74 Å². The van der Waals surface area contributed by atoms with Crippen LogP contribution < -0.4 is 0 Å². The molecule has 0 bridgehead atoms. The SMILES string of the molecule is CCC1=CC/C(OC)=C\C(C)C=C1. The van der Waals surface area contributed by atoms with Crippen LogP contribution >= 0.6 is 0 Å². The van der Waals surface area contributed by atoms with E-state index in [-0.39, 0.29) is 0 Å². The third-order valence-corrected chi connectivity index (χ3v) is 2.30. The molecule has 0 amide bonds. The van der Waals surface area contributed by atoms with E-state index in [1.807, 2.05) is 0 Å². The summed E-state index contributed by atoms with van der Waals surface area (Å²) in [5.41, 5.74) is 1.40. The van der Waals surface area contributed by atoms with Crippen molar-refractivity contribution in [2.24, 2.45) is 5.92 Å². The van der Waals surface area contributed by atoms with Crippen molar-refractivity contribution in [1.29, 1.82) is 0 Å². The molecule has 0 aliphatic heterocycles. The molecule has 0 radical (unpaired) electrons. The average Bonchev–Trinajstić information content (AvgIpc) is 2.12. The van der Waals surface area contributed by atoms with Gasteiger partial charge in [0.2, 0.25) is 0 Å². The summed E-state index contributed by atoms with van der Waals surface area (Å²) in [6, 6.07) is 0. The third-order valence-electron chi connectivity index (χ3n) is 2.30. The summed E-state index contributed by atoms with van der Waals surface area (Å²) in [5.74, 6) is 1.55. The van der Waals surface area contributed by atoms with Crippen molar-refractivity contribution in [3.63, 3.8) is 0 Å². The van der Waals surface area contributed by atoms with Crippen molar-refractivity contribution in [2.75, 3.05) is 7.11 Å². The van der Waals surface area contributed by atoms with Crippen LogP contribution in [-0.4, -0.2) is 7.11 Å². The minimum atomic E-state index is 0.477. The van der Waals surface area contributed by atoms with Crippen LogP contribution in [0.3, 0.4) is 0 Å². The molecular formula is C12H18O. The van der Waals surface area contributed by atoms with Crippen molar-refractivity contribution >= 4 is 0 Å². The van der Waals surface area contributed by atoms with E-state index in [0.29, 0.717) is 5.92 Å². The zero-order valence-electron chi connectivity index (χ0n) is 8.71. The third kappa shape index (κ3) is 3.10. The van der Waals surface area contributed by atoms with Gasteiger partial charge in [0.15, 0.2) is 0 Å². The molecule has 13 heavy (non-hydrogen) atoms. The first kappa shape index (κ1) is 10.1. The number of allylic oxidation sites excluding steroid dienone is 5. The summed E-state index contributed by atoms with van der Waals surface area (Å²) >= 11 is 0. The average molecular weight is 178 g/mol. The Morgan fingerprint density at radius 3 is 2.92 bits per heavy atom. The smallest absolute Gasteiger partial charge is 0.0959 e. The fourth-order valence-corrected chi connectivity index (χ4v) is 1.41. The number of rotatable bonds is 2. The zero-order chi connectivity index (χ0) is 9.68. The van der Waals surface area contributed by atoms with Gasteiger partial charge in [-0.05, 0) is 18.4 Å². The zero-order valence-corrected chi connectivity index (χ0v) is 8.71. The lowest BCUT2D eigenvalue weighted by atomic mass is 10.0. The molecule has 0 fully saturated rings. The van der Waals surface area contributed by atoms with Crippen molar-refractivity contribution in [1.82, 2.24) is 0 Å². The largest absolute Gasteiger partial charge is 0.501 e. The molecule has 0 aromatic rings. The highest BCUT2D eigenvalue weighted by Gasteiger charge is 2.02. The van der Waals surface area contributed by atoms with Crippen LogP contribution in [-0.2, 0) is 4.74 Å².